The second-order valence-electron chi connectivity index (χ2n) is 9.15. The highest BCUT2D eigenvalue weighted by Gasteiger charge is 2.16. The van der Waals surface area contributed by atoms with Crippen LogP contribution in [0.4, 0.5) is 8.78 Å². The maximum atomic E-state index is 13.4. The fourth-order valence-electron chi connectivity index (χ4n) is 5.10. The van der Waals surface area contributed by atoms with Crippen molar-refractivity contribution in [3.8, 4) is 35.8 Å². The van der Waals surface area contributed by atoms with Gasteiger partial charge in [0, 0.05) is 21.5 Å². The van der Waals surface area contributed by atoms with E-state index in [0.29, 0.717) is 44.2 Å². The van der Waals surface area contributed by atoms with Crippen LogP contribution in [0.2, 0.25) is 0 Å². The van der Waals surface area contributed by atoms with E-state index in [9.17, 15) is 29.8 Å². The zero-order valence-electron chi connectivity index (χ0n) is 24.3. The minimum atomic E-state index is -0.475. The lowest BCUT2D eigenvalue weighted by molar-refractivity contribution is 0.415. The average molecular weight is 583 g/mol. The Hall–Kier alpha value is -6.22. The molecule has 0 aromatic heterocycles. The van der Waals surface area contributed by atoms with Crippen LogP contribution in [0, 0.1) is 57.0 Å². The molecular formula is C36H24F2N4O2. The number of rotatable bonds is 2. The van der Waals surface area contributed by atoms with Crippen LogP contribution in [-0.4, -0.2) is 14.2 Å². The molecule has 0 heterocycles. The van der Waals surface area contributed by atoms with E-state index in [2.05, 4.69) is 12.1 Å². The first-order valence-electron chi connectivity index (χ1n) is 13.4. The highest BCUT2D eigenvalue weighted by Crippen LogP contribution is 2.36. The summed E-state index contributed by atoms with van der Waals surface area (Å²) >= 11 is 0. The number of methoxy groups -OCH3 is 2. The maximum Gasteiger partial charge on any atom is 0.123 e. The molecule has 8 heteroatoms. The molecule has 0 aliphatic heterocycles. The highest BCUT2D eigenvalue weighted by atomic mass is 19.1. The van der Waals surface area contributed by atoms with E-state index in [1.54, 1.807) is 26.4 Å². The molecule has 0 unspecified atom stereocenters. The zero-order chi connectivity index (χ0) is 32.0. The van der Waals surface area contributed by atoms with Crippen molar-refractivity contribution in [2.24, 2.45) is 0 Å². The second-order valence-corrected chi connectivity index (χ2v) is 9.15. The highest BCUT2D eigenvalue weighted by molar-refractivity contribution is 6.14. The number of ether oxygens (including phenoxy) is 2. The van der Waals surface area contributed by atoms with Crippen LogP contribution < -0.4 is 9.47 Å². The van der Waals surface area contributed by atoms with Crippen LogP contribution in [0.1, 0.15) is 36.1 Å². The molecule has 6 nitrogen and oxygen atoms in total. The monoisotopic (exact) mass is 582 g/mol. The van der Waals surface area contributed by atoms with Crippen molar-refractivity contribution in [2.45, 2.75) is 13.8 Å². The average Bonchev–Trinajstić information content (AvgIpc) is 3.07. The SMILES string of the molecule is CC.COc1ccc2c(C#N)c(C#N)c3ccc(OC)cc3c2c1.N#Cc1c(C#N)c2ccc(F)cc2c2cc(F)ccc12. The molecular weight excluding hydrogens is 558 g/mol. The van der Waals surface area contributed by atoms with Crippen LogP contribution in [-0.2, 0) is 0 Å². The number of hydrogen-bond donors (Lipinski definition) is 0. The van der Waals surface area contributed by atoms with Crippen molar-refractivity contribution in [1.82, 2.24) is 0 Å². The lowest BCUT2D eigenvalue weighted by Crippen LogP contribution is -1.93. The van der Waals surface area contributed by atoms with Gasteiger partial charge in [0.25, 0.3) is 0 Å². The summed E-state index contributed by atoms with van der Waals surface area (Å²) in [5.41, 5.74) is 1.14. The molecule has 6 rings (SSSR count). The van der Waals surface area contributed by atoms with Gasteiger partial charge in [-0.1, -0.05) is 26.0 Å². The molecule has 0 bridgehead atoms. The number of hydrogen-bond acceptors (Lipinski definition) is 6. The van der Waals surface area contributed by atoms with E-state index in [1.165, 1.54) is 36.4 Å². The van der Waals surface area contributed by atoms with Crippen molar-refractivity contribution in [1.29, 1.82) is 21.0 Å². The van der Waals surface area contributed by atoms with Gasteiger partial charge in [-0.15, -0.1) is 0 Å². The lowest BCUT2D eigenvalue weighted by atomic mass is 9.92. The van der Waals surface area contributed by atoms with Gasteiger partial charge in [-0.05, 0) is 82.2 Å². The van der Waals surface area contributed by atoms with Gasteiger partial charge in [0.1, 0.15) is 47.4 Å². The van der Waals surface area contributed by atoms with Crippen LogP contribution in [0.15, 0.2) is 72.8 Å². The summed E-state index contributed by atoms with van der Waals surface area (Å²) in [4.78, 5) is 0. The van der Waals surface area contributed by atoms with Crippen LogP contribution in [0.25, 0.3) is 43.1 Å². The van der Waals surface area contributed by atoms with Gasteiger partial charge in [-0.3, -0.25) is 0 Å². The first kappa shape index (κ1) is 30.7. The molecule has 6 aromatic carbocycles. The van der Waals surface area contributed by atoms with Crippen molar-refractivity contribution in [3.05, 3.63) is 107 Å². The predicted molar refractivity (Wildman–Crippen MR) is 166 cm³/mol. The zero-order valence-corrected chi connectivity index (χ0v) is 24.3. The van der Waals surface area contributed by atoms with E-state index in [-0.39, 0.29) is 11.1 Å². The first-order chi connectivity index (χ1) is 21.4. The molecule has 6 aromatic rings. The van der Waals surface area contributed by atoms with Crippen LogP contribution in [0.5, 0.6) is 11.5 Å². The Morgan fingerprint density at radius 3 is 0.977 bits per heavy atom. The maximum absolute atomic E-state index is 13.4. The Morgan fingerprint density at radius 1 is 0.432 bits per heavy atom. The Bertz CT molecular complexity index is 2090. The van der Waals surface area contributed by atoms with Gasteiger partial charge < -0.3 is 9.47 Å². The molecule has 0 N–H and O–H groups in total. The summed E-state index contributed by atoms with van der Waals surface area (Å²) in [5.74, 6) is 0.448. The normalized spacial score (nSPS) is 9.95. The summed E-state index contributed by atoms with van der Waals surface area (Å²) < 4.78 is 37.4. The molecule has 0 atom stereocenters. The Kier molecular flexibility index (Phi) is 9.20. The molecule has 0 spiro atoms. The molecule has 44 heavy (non-hydrogen) atoms. The largest absolute Gasteiger partial charge is 0.497 e. The first-order valence-corrected chi connectivity index (χ1v) is 13.4. The number of fused-ring (bicyclic) bond motifs is 6. The third-order valence-electron chi connectivity index (χ3n) is 7.02. The topological polar surface area (TPSA) is 114 Å². The van der Waals surface area contributed by atoms with Gasteiger partial charge in [-0.25, -0.2) is 8.78 Å². The second kappa shape index (κ2) is 13.2. The minimum absolute atomic E-state index is 0.182. The van der Waals surface area contributed by atoms with Gasteiger partial charge in [0.2, 0.25) is 0 Å². The number of nitrogens with zero attached hydrogens (tertiary/aromatic N) is 4. The van der Waals surface area contributed by atoms with Crippen molar-refractivity contribution >= 4 is 43.1 Å². The minimum Gasteiger partial charge on any atom is -0.497 e. The van der Waals surface area contributed by atoms with Gasteiger partial charge in [0.05, 0.1) is 36.5 Å². The fourth-order valence-corrected chi connectivity index (χ4v) is 5.10. The Balaban J connectivity index is 0.000000191. The summed E-state index contributed by atoms with van der Waals surface area (Å²) in [6, 6.07) is 27.0. The Labute approximate surface area is 252 Å². The number of benzene rings is 6. The van der Waals surface area contributed by atoms with Crippen LogP contribution in [0.3, 0.4) is 0 Å². The van der Waals surface area contributed by atoms with Crippen molar-refractivity contribution in [2.75, 3.05) is 14.2 Å². The van der Waals surface area contributed by atoms with Gasteiger partial charge in [-0.2, -0.15) is 21.0 Å². The van der Waals surface area contributed by atoms with Crippen molar-refractivity contribution < 1.29 is 18.3 Å². The molecule has 0 fully saturated rings. The van der Waals surface area contributed by atoms with Gasteiger partial charge >= 0.3 is 0 Å². The fraction of sp³-hybridized carbons (Fsp3) is 0.111. The number of nitriles is 4. The molecule has 214 valence electrons. The quantitative estimate of drug-likeness (QED) is 0.189. The summed E-state index contributed by atoms with van der Waals surface area (Å²) in [6.45, 7) is 4.00. The van der Waals surface area contributed by atoms with E-state index in [0.717, 1.165) is 21.5 Å². The molecule has 0 saturated carbocycles. The molecule has 0 aliphatic rings. The van der Waals surface area contributed by atoms with Gasteiger partial charge in [0.15, 0.2) is 0 Å². The third-order valence-corrected chi connectivity index (χ3v) is 7.02. The van der Waals surface area contributed by atoms with Crippen molar-refractivity contribution in [3.63, 3.8) is 0 Å². The molecule has 0 aliphatic carbocycles. The summed E-state index contributed by atoms with van der Waals surface area (Å²) in [7, 11) is 3.19. The lowest BCUT2D eigenvalue weighted by Gasteiger charge is -2.11. The Morgan fingerprint density at radius 2 is 0.705 bits per heavy atom. The standard InChI is InChI=1S/C18H12N2O2.C16H6F2N2.C2H6/c1-21-11-3-5-13-15(7-11)16-8-12(22-2)4-6-14(16)18(10-20)17(13)9-19;17-9-1-3-11-13(5-9)14-6-10(18)2-4-12(14)16(8-20)15(11)7-19;1-2/h3-8H,1-2H3;1-6H;1-2H3. The number of halogens is 2. The van der Waals surface area contributed by atoms with E-state index in [4.69, 9.17) is 9.47 Å². The van der Waals surface area contributed by atoms with E-state index in [1.807, 2.05) is 50.3 Å². The van der Waals surface area contributed by atoms with E-state index < -0.39 is 11.6 Å². The molecule has 0 saturated heterocycles. The third kappa shape index (κ3) is 5.37. The molecule has 0 amide bonds. The smallest absolute Gasteiger partial charge is 0.123 e. The van der Waals surface area contributed by atoms with E-state index >= 15 is 0 Å². The summed E-state index contributed by atoms with van der Waals surface area (Å²) in [6.07, 6.45) is 0. The van der Waals surface area contributed by atoms with Crippen LogP contribution >= 0.6 is 0 Å². The summed E-state index contributed by atoms with van der Waals surface area (Å²) in [5, 5.41) is 42.4. The molecule has 0 radical (unpaired) electrons. The predicted octanol–water partition coefficient (Wildman–Crippen LogP) is 8.79.